The van der Waals surface area contributed by atoms with E-state index < -0.39 is 17.3 Å². The van der Waals surface area contributed by atoms with Crippen LogP contribution in [0.1, 0.15) is 31.9 Å². The van der Waals surface area contributed by atoms with Crippen molar-refractivity contribution in [3.05, 3.63) is 17.2 Å². The van der Waals surface area contributed by atoms with E-state index in [-0.39, 0.29) is 11.2 Å². The Morgan fingerprint density at radius 1 is 1.24 bits per heavy atom. The van der Waals surface area contributed by atoms with Crippen LogP contribution in [0.15, 0.2) is 6.07 Å². The van der Waals surface area contributed by atoms with Crippen molar-refractivity contribution in [3.8, 4) is 17.2 Å². The molecule has 0 aliphatic carbocycles. The van der Waals surface area contributed by atoms with Crippen molar-refractivity contribution in [2.75, 3.05) is 7.11 Å². The molecule has 21 heavy (non-hydrogen) atoms. The van der Waals surface area contributed by atoms with Crippen LogP contribution in [0.5, 0.6) is 17.2 Å². The minimum atomic E-state index is -2.76. The maximum absolute atomic E-state index is 11.0. The third-order valence-electron chi connectivity index (χ3n) is 2.84. The molecule has 1 aromatic rings. The van der Waals surface area contributed by atoms with Crippen LogP contribution in [0.3, 0.4) is 0 Å². The van der Waals surface area contributed by atoms with E-state index in [1.807, 2.05) is 20.0 Å². The maximum atomic E-state index is 11.0. The van der Waals surface area contributed by atoms with Gasteiger partial charge in [-0.15, -0.1) is 4.89 Å². The van der Waals surface area contributed by atoms with Crippen molar-refractivity contribution >= 4 is 17.3 Å². The maximum Gasteiger partial charge on any atom is 0.747 e. The molecule has 0 spiro atoms. The predicted octanol–water partition coefficient (Wildman–Crippen LogP) is 3.96. The molecule has 0 amide bonds. The van der Waals surface area contributed by atoms with Crippen LogP contribution in [-0.4, -0.2) is 21.0 Å². The highest BCUT2D eigenvalue weighted by molar-refractivity contribution is 7.32. The molecule has 0 aliphatic rings. The number of ether oxygens (including phenoxy) is 1. The summed E-state index contributed by atoms with van der Waals surface area (Å²) in [6.07, 6.45) is 0. The van der Waals surface area contributed by atoms with Crippen LogP contribution in [0.4, 0.5) is 0 Å². The van der Waals surface area contributed by atoms with Gasteiger partial charge in [0.05, 0.1) is 7.11 Å². The van der Waals surface area contributed by atoms with Gasteiger partial charge in [-0.2, -0.15) is 0 Å². The molecule has 5 nitrogen and oxygen atoms in total. The normalized spacial score (nSPS) is 12.3. The average molecular weight is 330 g/mol. The zero-order valence-electron chi connectivity index (χ0n) is 13.6. The summed E-state index contributed by atoms with van der Waals surface area (Å²) in [5.74, 6) is 1.22. The van der Waals surface area contributed by atoms with Gasteiger partial charge in [0.2, 0.25) is 5.75 Å². The summed E-state index contributed by atoms with van der Waals surface area (Å²) in [6, 6.07) is 1.73. The van der Waals surface area contributed by atoms with Crippen LogP contribution in [0.2, 0.25) is 13.1 Å². The number of methoxy groups -OCH3 is 1. The second kappa shape index (κ2) is 6.77. The van der Waals surface area contributed by atoms with Gasteiger partial charge >= 0.3 is 8.25 Å². The van der Waals surface area contributed by atoms with E-state index in [0.29, 0.717) is 11.5 Å². The van der Waals surface area contributed by atoms with Gasteiger partial charge in [-0.25, -0.2) is 4.52 Å². The Morgan fingerprint density at radius 2 is 1.81 bits per heavy atom. The molecule has 1 N–H and O–H groups in total. The van der Waals surface area contributed by atoms with Crippen LogP contribution < -0.4 is 13.7 Å². The molecule has 0 saturated carbocycles. The van der Waals surface area contributed by atoms with Gasteiger partial charge < -0.3 is 9.16 Å². The highest BCUT2D eigenvalue weighted by atomic mass is 31.1. The molecule has 1 radical (unpaired) electrons. The summed E-state index contributed by atoms with van der Waals surface area (Å²) in [5.41, 5.74) is 1.78. The van der Waals surface area contributed by atoms with E-state index in [4.69, 9.17) is 18.6 Å². The van der Waals surface area contributed by atoms with Crippen LogP contribution in [-0.2, 0) is 9.98 Å². The number of benzene rings is 1. The zero-order chi connectivity index (χ0) is 16.4. The van der Waals surface area contributed by atoms with Crippen LogP contribution in [0, 0.1) is 6.92 Å². The molecule has 0 bridgehead atoms. The monoisotopic (exact) mass is 330 g/mol. The molecular weight excluding hydrogens is 307 g/mol. The molecular formula is C14H23O5PSi+. The molecule has 1 unspecified atom stereocenters. The SMILES string of the molecule is COc1c(O[Si](C)C)c(O[P+](=O)O)cc(C)c1C(C)(C)C. The Morgan fingerprint density at radius 3 is 2.19 bits per heavy atom. The highest BCUT2D eigenvalue weighted by Gasteiger charge is 2.31. The lowest BCUT2D eigenvalue weighted by Gasteiger charge is -2.27. The Labute approximate surface area is 128 Å². The lowest BCUT2D eigenvalue weighted by molar-refractivity contribution is 0.364. The molecule has 1 atom stereocenters. The van der Waals surface area contributed by atoms with Crippen molar-refractivity contribution in [2.24, 2.45) is 0 Å². The second-order valence-corrected chi connectivity index (χ2v) is 8.70. The molecule has 0 saturated heterocycles. The first kappa shape index (κ1) is 17.9. The predicted molar refractivity (Wildman–Crippen MR) is 85.0 cm³/mol. The van der Waals surface area contributed by atoms with Crippen LogP contribution in [0.25, 0.3) is 0 Å². The van der Waals surface area contributed by atoms with Gasteiger partial charge in [0.15, 0.2) is 11.5 Å². The fourth-order valence-corrected chi connectivity index (χ4v) is 3.22. The van der Waals surface area contributed by atoms with Crippen molar-refractivity contribution in [1.82, 2.24) is 0 Å². The number of aryl methyl sites for hydroxylation is 1. The van der Waals surface area contributed by atoms with Gasteiger partial charge in [-0.05, 0) is 37.1 Å². The van der Waals surface area contributed by atoms with E-state index in [0.717, 1.165) is 11.1 Å². The van der Waals surface area contributed by atoms with Gasteiger partial charge in [0.25, 0.3) is 9.04 Å². The quantitative estimate of drug-likeness (QED) is 0.654. The van der Waals surface area contributed by atoms with E-state index in [1.54, 1.807) is 13.2 Å². The summed E-state index contributed by atoms with van der Waals surface area (Å²) < 4.78 is 27.5. The third-order valence-corrected chi connectivity index (χ3v) is 3.80. The second-order valence-electron chi connectivity index (χ2n) is 6.02. The zero-order valence-corrected chi connectivity index (χ0v) is 15.5. The molecule has 7 heteroatoms. The van der Waals surface area contributed by atoms with E-state index in [9.17, 15) is 4.57 Å². The number of hydrogen-bond acceptors (Lipinski definition) is 4. The molecule has 0 aliphatic heterocycles. The Balaban J connectivity index is 3.62. The first-order valence-corrected chi connectivity index (χ1v) is 10.2. The van der Waals surface area contributed by atoms with Gasteiger partial charge in [0.1, 0.15) is 0 Å². The fourth-order valence-electron chi connectivity index (χ4n) is 2.32. The molecule has 0 heterocycles. The lowest BCUT2D eigenvalue weighted by Crippen LogP contribution is -2.18. The number of rotatable bonds is 5. The van der Waals surface area contributed by atoms with Gasteiger partial charge in [-0.1, -0.05) is 20.8 Å². The molecule has 117 valence electrons. The van der Waals surface area contributed by atoms with Gasteiger partial charge in [0, 0.05) is 10.1 Å². The summed E-state index contributed by atoms with van der Waals surface area (Å²) in [7, 11) is -2.28. The van der Waals surface area contributed by atoms with Crippen molar-refractivity contribution in [1.29, 1.82) is 0 Å². The Bertz CT molecular complexity index is 537. The first-order chi connectivity index (χ1) is 9.57. The summed E-state index contributed by atoms with van der Waals surface area (Å²) in [6.45, 7) is 12.1. The first-order valence-electron chi connectivity index (χ1n) is 6.62. The number of hydrogen-bond donors (Lipinski definition) is 1. The molecule has 0 fully saturated rings. The van der Waals surface area contributed by atoms with Gasteiger partial charge in [-0.3, -0.25) is 0 Å². The summed E-state index contributed by atoms with van der Waals surface area (Å²) in [4.78, 5) is 9.05. The average Bonchev–Trinajstić information content (AvgIpc) is 2.28. The topological polar surface area (TPSA) is 65.0 Å². The molecule has 0 aromatic heterocycles. The Hall–Kier alpha value is -1.10. The minimum Gasteiger partial charge on any atom is -0.537 e. The summed E-state index contributed by atoms with van der Waals surface area (Å²) in [5, 5.41) is 0. The third kappa shape index (κ3) is 4.43. The molecule has 1 aromatic carbocycles. The van der Waals surface area contributed by atoms with E-state index >= 15 is 0 Å². The summed E-state index contributed by atoms with van der Waals surface area (Å²) >= 11 is 0. The Kier molecular flexibility index (Phi) is 5.79. The van der Waals surface area contributed by atoms with Crippen molar-refractivity contribution < 1.29 is 23.1 Å². The largest absolute Gasteiger partial charge is 0.747 e. The molecule has 1 rings (SSSR count). The minimum absolute atomic E-state index is 0.151. The van der Waals surface area contributed by atoms with Crippen molar-refractivity contribution in [3.63, 3.8) is 0 Å². The highest BCUT2D eigenvalue weighted by Crippen LogP contribution is 2.48. The van der Waals surface area contributed by atoms with E-state index in [1.165, 1.54) is 0 Å². The smallest absolute Gasteiger partial charge is 0.537 e. The van der Waals surface area contributed by atoms with Crippen LogP contribution >= 0.6 is 8.25 Å². The fraction of sp³-hybridized carbons (Fsp3) is 0.571. The van der Waals surface area contributed by atoms with E-state index in [2.05, 4.69) is 20.8 Å². The standard InChI is InChI=1S/C14H22O5PSi/c1-9-8-10(18-20(15)16)12(19-21(6)7)13(17-5)11(9)14(2,3)4/h8H,1-7H3/p+1. The lowest BCUT2D eigenvalue weighted by atomic mass is 9.83. The van der Waals surface area contributed by atoms with Crippen molar-refractivity contribution in [2.45, 2.75) is 46.2 Å².